The van der Waals surface area contributed by atoms with Crippen molar-refractivity contribution < 1.29 is 22.2 Å². The molecule has 0 bridgehead atoms. The second-order valence-corrected chi connectivity index (χ2v) is 11.8. The lowest BCUT2D eigenvalue weighted by Crippen LogP contribution is -1.92. The average Bonchev–Trinajstić information content (AvgIpc) is 3.68. The molecule has 1 nitrogen and oxygen atoms in total. The Labute approximate surface area is 302 Å². The summed E-state index contributed by atoms with van der Waals surface area (Å²) in [6, 6.07) is 24.7. The molecule has 0 aliphatic heterocycles. The Morgan fingerprint density at radius 2 is 0.939 bits per heavy atom. The first-order valence-corrected chi connectivity index (χ1v) is 15.8. The Kier molecular flexibility index (Phi) is 3.99. The van der Waals surface area contributed by atoms with Crippen LogP contribution < -0.4 is 0 Å². The molecule has 0 aliphatic rings. The average molecular weight is 636 g/mol. The van der Waals surface area contributed by atoms with Crippen LogP contribution in [0.5, 0.6) is 0 Å². The summed E-state index contributed by atoms with van der Waals surface area (Å²) >= 11 is 0. The number of para-hydroxylation sites is 1. The fourth-order valence-corrected chi connectivity index (χ4v) is 7.09. The summed E-state index contributed by atoms with van der Waals surface area (Å²) in [5, 5.41) is 2.35. The Morgan fingerprint density at radius 1 is 0.347 bits per heavy atom. The molecule has 10 aromatic rings. The fraction of sp³-hybridized carbons (Fsp3) is 0. The van der Waals surface area contributed by atoms with Crippen molar-refractivity contribution in [3.05, 3.63) is 182 Å². The van der Waals surface area contributed by atoms with Gasteiger partial charge in [-0.1, -0.05) is 170 Å². The molecule has 1 heterocycles. The smallest absolute Gasteiger partial charge is 0.143 e. The van der Waals surface area contributed by atoms with E-state index in [9.17, 15) is 5.48 Å². The first kappa shape index (κ1) is 17.6. The molecular weight excluding hydrogens is 593 g/mol. The highest BCUT2D eigenvalue weighted by Gasteiger charge is 2.20. The van der Waals surface area contributed by atoms with Gasteiger partial charge in [-0.25, -0.2) is 0 Å². The lowest BCUT2D eigenvalue weighted by molar-refractivity contribution is 0.670. The fourth-order valence-electron chi connectivity index (χ4n) is 7.09. The van der Waals surface area contributed by atoms with Crippen LogP contribution in [0.25, 0.3) is 98.8 Å². The minimum atomic E-state index is -0.717. The van der Waals surface area contributed by atoms with Gasteiger partial charge in [0.25, 0.3) is 0 Å². The number of rotatable bonds is 4. The van der Waals surface area contributed by atoms with Gasteiger partial charge in [0.15, 0.2) is 0 Å². The highest BCUT2D eigenvalue weighted by molar-refractivity contribution is 6.24. The first-order chi connectivity index (χ1) is 29.7. The summed E-state index contributed by atoms with van der Waals surface area (Å²) in [5.41, 5.74) is 4.63. The van der Waals surface area contributed by atoms with Crippen LogP contribution in [0.1, 0.15) is 17.8 Å². The third-order valence-electron chi connectivity index (χ3n) is 9.21. The summed E-state index contributed by atoms with van der Waals surface area (Å²) in [5.74, 6) is 0. The summed E-state index contributed by atoms with van der Waals surface area (Å²) < 4.78 is 123. The normalized spacial score (nSPS) is 15.4. The van der Waals surface area contributed by atoms with Crippen molar-refractivity contribution in [1.29, 1.82) is 0 Å². The van der Waals surface area contributed by atoms with Gasteiger partial charge in [-0.3, -0.25) is 0 Å². The molecule has 10 rings (SSSR count). The second-order valence-electron chi connectivity index (χ2n) is 11.8. The van der Waals surface area contributed by atoms with Crippen LogP contribution >= 0.6 is 0 Å². The number of hydrogen-bond acceptors (Lipinski definition) is 1. The molecular formula is C48H30O. The van der Waals surface area contributed by atoms with E-state index in [4.69, 9.17) is 16.8 Å². The molecule has 0 unspecified atom stereocenters. The zero-order valence-electron chi connectivity index (χ0n) is 38.7. The molecule has 0 aliphatic carbocycles. The van der Waals surface area contributed by atoms with Crippen LogP contribution in [0.4, 0.5) is 0 Å². The van der Waals surface area contributed by atoms with Gasteiger partial charge in [0.2, 0.25) is 0 Å². The summed E-state index contributed by atoms with van der Waals surface area (Å²) in [4.78, 5) is 0. The van der Waals surface area contributed by atoms with Crippen LogP contribution in [0.3, 0.4) is 0 Å². The van der Waals surface area contributed by atoms with Gasteiger partial charge in [-0.2, -0.15) is 0 Å². The summed E-state index contributed by atoms with van der Waals surface area (Å²) in [6.07, 6.45) is 0. The van der Waals surface area contributed by atoms with Crippen molar-refractivity contribution >= 4 is 54.3 Å². The minimum Gasteiger partial charge on any atom is -0.455 e. The van der Waals surface area contributed by atoms with E-state index in [0.717, 1.165) is 33.0 Å². The van der Waals surface area contributed by atoms with Crippen molar-refractivity contribution in [2.45, 2.75) is 0 Å². The lowest BCUT2D eigenvalue weighted by atomic mass is 9.84. The van der Waals surface area contributed by atoms with Crippen molar-refractivity contribution in [2.75, 3.05) is 0 Å². The van der Waals surface area contributed by atoms with E-state index in [1.54, 1.807) is 12.1 Å². The van der Waals surface area contributed by atoms with Gasteiger partial charge in [0.05, 0.1) is 17.8 Å². The van der Waals surface area contributed by atoms with Crippen LogP contribution in [0.15, 0.2) is 186 Å². The largest absolute Gasteiger partial charge is 0.455 e. The zero-order valence-corrected chi connectivity index (χ0v) is 25.7. The molecule has 0 radical (unpaired) electrons. The van der Waals surface area contributed by atoms with Crippen LogP contribution in [0.2, 0.25) is 0 Å². The highest BCUT2D eigenvalue weighted by Crippen LogP contribution is 2.47. The third-order valence-corrected chi connectivity index (χ3v) is 9.21. The number of benzene rings is 9. The van der Waals surface area contributed by atoms with Crippen LogP contribution in [-0.4, -0.2) is 0 Å². The Morgan fingerprint density at radius 3 is 1.65 bits per heavy atom. The maximum Gasteiger partial charge on any atom is 0.143 e. The molecule has 49 heavy (non-hydrogen) atoms. The van der Waals surface area contributed by atoms with E-state index >= 15 is 0 Å². The van der Waals surface area contributed by atoms with Gasteiger partial charge < -0.3 is 4.42 Å². The predicted octanol–water partition coefficient (Wildman–Crippen LogP) is 13.7. The van der Waals surface area contributed by atoms with Crippen molar-refractivity contribution in [3.8, 4) is 44.5 Å². The molecule has 9 aromatic carbocycles. The molecule has 0 saturated carbocycles. The number of hydrogen-bond donors (Lipinski definition) is 0. The van der Waals surface area contributed by atoms with E-state index < -0.39 is 84.1 Å². The molecule has 1 heteroatoms. The number of furan rings is 1. The molecule has 0 saturated heterocycles. The lowest BCUT2D eigenvalue weighted by Gasteiger charge is -2.19. The molecule has 0 spiro atoms. The van der Waals surface area contributed by atoms with E-state index in [1.807, 2.05) is 84.9 Å². The molecule has 0 fully saturated rings. The van der Waals surface area contributed by atoms with Gasteiger partial charge in [0, 0.05) is 16.3 Å². The Bertz CT molecular complexity index is 3510. The summed E-state index contributed by atoms with van der Waals surface area (Å²) in [6.45, 7) is 0. The topological polar surface area (TPSA) is 13.1 Å². The number of fused-ring (bicyclic) bond motifs is 6. The van der Waals surface area contributed by atoms with Gasteiger partial charge in [-0.15, -0.1) is 0 Å². The zero-order chi connectivity index (χ0) is 43.6. The molecule has 228 valence electrons. The predicted molar refractivity (Wildman–Crippen MR) is 208 cm³/mol. The SMILES string of the molecule is [2H]c1c([2H])c([2H])c(-c2c3c([2H])c([2H])c([2H])c([2H])c3c(-c3ccc(-c4cccc5c4oc4cc(-c6ccccc6)ccc45)c4ccccc34)c3c([2H])c([2H])c([2H])c([2H])c23)c([2H])c1[2H]. The highest BCUT2D eigenvalue weighted by atomic mass is 16.3. The van der Waals surface area contributed by atoms with E-state index in [0.29, 0.717) is 27.5 Å². The van der Waals surface area contributed by atoms with E-state index in [2.05, 4.69) is 6.07 Å². The molecule has 0 atom stereocenters. The first-order valence-electron chi connectivity index (χ1n) is 22.3. The third kappa shape index (κ3) is 4.33. The minimum absolute atomic E-state index is 0.0725. The van der Waals surface area contributed by atoms with Gasteiger partial charge >= 0.3 is 0 Å². The summed E-state index contributed by atoms with van der Waals surface area (Å²) in [7, 11) is 0. The van der Waals surface area contributed by atoms with E-state index in [1.165, 1.54) is 0 Å². The van der Waals surface area contributed by atoms with Gasteiger partial charge in [-0.05, 0) is 83.4 Å². The second kappa shape index (κ2) is 11.1. The Balaban J connectivity index is 1.35. The maximum atomic E-state index is 9.40. The molecule has 0 N–H and O–H groups in total. The van der Waals surface area contributed by atoms with E-state index in [-0.39, 0.29) is 32.7 Å². The maximum absolute atomic E-state index is 9.40. The van der Waals surface area contributed by atoms with Crippen molar-refractivity contribution in [1.82, 2.24) is 0 Å². The standard InChI is InChI=1S/C48H30O/c1-3-14-31(15-4-1)33-26-27-37-44-25-13-24-43(48(44)49-45(37)30-33)36-28-29-42(35-19-8-7-18-34(35)36)47-40-22-11-9-20-38(40)46(32-16-5-2-6-17-32)39-21-10-12-23-41(39)47/h1-30H/i2D,5D,6D,9D,10D,11D,12D,16D,17D,20D,21D,22D,23D. The molecule has 0 amide bonds. The van der Waals surface area contributed by atoms with Crippen LogP contribution in [-0.2, 0) is 0 Å². The Hall–Kier alpha value is -6.44. The van der Waals surface area contributed by atoms with Crippen molar-refractivity contribution in [2.24, 2.45) is 0 Å². The van der Waals surface area contributed by atoms with Gasteiger partial charge in [0.1, 0.15) is 11.2 Å². The monoisotopic (exact) mass is 635 g/mol. The van der Waals surface area contributed by atoms with Crippen LogP contribution in [0, 0.1) is 0 Å². The quantitative estimate of drug-likeness (QED) is 0.175. The van der Waals surface area contributed by atoms with Crippen molar-refractivity contribution in [3.63, 3.8) is 0 Å². The molecule has 1 aromatic heterocycles.